The molecule has 0 saturated heterocycles. The quantitative estimate of drug-likeness (QED) is 0.126. The van der Waals surface area contributed by atoms with Crippen LogP contribution in [0.5, 0.6) is 0 Å². The van der Waals surface area contributed by atoms with Gasteiger partial charge >= 0.3 is 0 Å². The Morgan fingerprint density at radius 2 is 1.44 bits per heavy atom. The average Bonchev–Trinajstić information content (AvgIpc) is 3.63. The molecule has 1 aliphatic carbocycles. The Bertz CT molecular complexity index is 2440. The van der Waals surface area contributed by atoms with Gasteiger partial charge in [0, 0.05) is 67.6 Å². The van der Waals surface area contributed by atoms with E-state index in [9.17, 15) is 0 Å². The minimum absolute atomic E-state index is 0.814. The maximum Gasteiger partial charge on any atom is 0.214 e. The fraction of sp³-hybridized carbons (Fsp3) is 0.239. The standard InChI is InChI=1S/C46H43Cl2N2/c1-3-5-29-49-40(36-19-11-17-34-38(47)23-27-42(49)45(34)36)25-21-32-15-10-16-33(44(32)31-13-8-7-9-14-31)22-26-41-37-20-12-18-35-39(48)24-28-43(46(35)37)50(41)30-6-4-2/h7-9,11-14,17-28H,3-6,10,15-16,29-30H2,1-2H3/q+1. The third-order valence-corrected chi connectivity index (χ3v) is 11.3. The molecule has 0 radical (unpaired) electrons. The zero-order chi connectivity index (χ0) is 34.2. The molecule has 0 unspecified atom stereocenters. The highest BCUT2D eigenvalue weighted by Crippen LogP contribution is 2.41. The third kappa shape index (κ3) is 5.73. The molecule has 0 spiro atoms. The predicted molar refractivity (Wildman–Crippen MR) is 216 cm³/mol. The first-order valence-electron chi connectivity index (χ1n) is 18.3. The Hall–Kier alpha value is -4.37. The molecule has 250 valence electrons. The first-order chi connectivity index (χ1) is 24.6. The van der Waals surface area contributed by atoms with Crippen molar-refractivity contribution in [2.24, 2.45) is 0 Å². The van der Waals surface area contributed by atoms with E-state index in [2.05, 4.69) is 138 Å². The molecule has 2 aliphatic rings. The molecular weight excluding hydrogens is 651 g/mol. The van der Waals surface area contributed by atoms with Crippen LogP contribution in [0.25, 0.3) is 44.1 Å². The summed E-state index contributed by atoms with van der Waals surface area (Å²) in [6.07, 6.45) is 17.3. The van der Waals surface area contributed by atoms with Crippen LogP contribution in [0.3, 0.4) is 0 Å². The van der Waals surface area contributed by atoms with Gasteiger partial charge in [-0.15, -0.1) is 0 Å². The number of aromatic nitrogens is 1. The molecule has 2 nitrogen and oxygen atoms in total. The molecule has 0 saturated carbocycles. The van der Waals surface area contributed by atoms with E-state index in [0.717, 1.165) is 78.9 Å². The van der Waals surface area contributed by atoms with Gasteiger partial charge in [-0.3, -0.25) is 0 Å². The smallest absolute Gasteiger partial charge is 0.214 e. The van der Waals surface area contributed by atoms with E-state index in [1.54, 1.807) is 0 Å². The maximum absolute atomic E-state index is 6.72. The molecule has 0 N–H and O–H groups in total. The van der Waals surface area contributed by atoms with Gasteiger partial charge in [0.2, 0.25) is 11.4 Å². The molecule has 0 atom stereocenters. The van der Waals surface area contributed by atoms with E-state index in [-0.39, 0.29) is 0 Å². The topological polar surface area (TPSA) is 7.94 Å². The minimum Gasteiger partial charge on any atom is -0.340 e. The molecule has 8 rings (SSSR count). The van der Waals surface area contributed by atoms with Crippen molar-refractivity contribution in [2.45, 2.75) is 65.3 Å². The van der Waals surface area contributed by atoms with Gasteiger partial charge in [-0.05, 0) is 78.3 Å². The molecular formula is C46H43Cl2N2+. The highest BCUT2D eigenvalue weighted by atomic mass is 35.5. The summed E-state index contributed by atoms with van der Waals surface area (Å²) in [5.41, 5.74) is 10.5. The second kappa shape index (κ2) is 14.1. The van der Waals surface area contributed by atoms with Crippen LogP contribution in [-0.4, -0.2) is 21.4 Å². The Labute approximate surface area is 305 Å². The summed E-state index contributed by atoms with van der Waals surface area (Å²) in [7, 11) is 0. The van der Waals surface area contributed by atoms with Crippen molar-refractivity contribution in [2.75, 3.05) is 6.54 Å². The molecule has 6 aromatic rings. The van der Waals surface area contributed by atoms with Crippen LogP contribution in [-0.2, 0) is 6.54 Å². The van der Waals surface area contributed by atoms with Gasteiger partial charge in [-0.2, -0.15) is 4.58 Å². The lowest BCUT2D eigenvalue weighted by atomic mass is 9.82. The van der Waals surface area contributed by atoms with Crippen LogP contribution in [0.2, 0.25) is 10.0 Å². The highest BCUT2D eigenvalue weighted by molar-refractivity contribution is 6.38. The summed E-state index contributed by atoms with van der Waals surface area (Å²) in [5, 5.41) is 8.97. The lowest BCUT2D eigenvalue weighted by Crippen LogP contribution is -2.16. The number of rotatable bonds is 10. The molecule has 0 fully saturated rings. The Balaban J connectivity index is 1.29. The summed E-state index contributed by atoms with van der Waals surface area (Å²) in [4.78, 5) is 0. The van der Waals surface area contributed by atoms with E-state index < -0.39 is 0 Å². The van der Waals surface area contributed by atoms with Crippen LogP contribution in [0.1, 0.15) is 69.9 Å². The summed E-state index contributed by atoms with van der Waals surface area (Å²) < 4.78 is 5.02. The Morgan fingerprint density at radius 3 is 2.24 bits per heavy atom. The number of hydrogen-bond acceptors (Lipinski definition) is 0. The normalized spacial score (nSPS) is 16.2. The van der Waals surface area contributed by atoms with Crippen molar-refractivity contribution in [3.63, 3.8) is 0 Å². The van der Waals surface area contributed by atoms with E-state index in [0.29, 0.717) is 0 Å². The van der Waals surface area contributed by atoms with Crippen LogP contribution in [0, 0.1) is 0 Å². The maximum atomic E-state index is 6.72. The van der Waals surface area contributed by atoms with Gasteiger partial charge in [0.05, 0.1) is 10.9 Å². The second-order valence-corrected chi connectivity index (χ2v) is 14.5. The molecule has 50 heavy (non-hydrogen) atoms. The highest BCUT2D eigenvalue weighted by Gasteiger charge is 2.31. The Kier molecular flexibility index (Phi) is 9.25. The number of allylic oxidation sites excluding steroid dienone is 6. The van der Waals surface area contributed by atoms with Crippen LogP contribution >= 0.6 is 23.2 Å². The lowest BCUT2D eigenvalue weighted by molar-refractivity contribution is -0.436. The van der Waals surface area contributed by atoms with Crippen molar-refractivity contribution in [1.29, 1.82) is 0 Å². The summed E-state index contributed by atoms with van der Waals surface area (Å²) in [6.45, 7) is 6.50. The monoisotopic (exact) mass is 693 g/mol. The number of aryl methyl sites for hydroxylation is 1. The largest absolute Gasteiger partial charge is 0.340 e. The molecule has 4 heteroatoms. The number of hydrogen-bond donors (Lipinski definition) is 0. The average molecular weight is 695 g/mol. The number of halogens is 2. The van der Waals surface area contributed by atoms with Crippen molar-refractivity contribution in [3.8, 4) is 0 Å². The van der Waals surface area contributed by atoms with Crippen molar-refractivity contribution in [3.05, 3.63) is 147 Å². The molecule has 2 heterocycles. The Morgan fingerprint density at radius 1 is 0.700 bits per heavy atom. The van der Waals surface area contributed by atoms with E-state index in [4.69, 9.17) is 23.2 Å². The van der Waals surface area contributed by atoms with E-state index in [1.165, 1.54) is 66.3 Å². The van der Waals surface area contributed by atoms with Crippen molar-refractivity contribution in [1.82, 2.24) is 4.57 Å². The molecule has 5 aromatic carbocycles. The van der Waals surface area contributed by atoms with Crippen molar-refractivity contribution < 1.29 is 4.58 Å². The van der Waals surface area contributed by atoms with Gasteiger partial charge in [0.1, 0.15) is 6.54 Å². The molecule has 1 aromatic heterocycles. The lowest BCUT2D eigenvalue weighted by Gasteiger charge is -2.22. The molecule has 0 bridgehead atoms. The van der Waals surface area contributed by atoms with Gasteiger partial charge in [0.25, 0.3) is 0 Å². The number of unbranched alkanes of at least 4 members (excludes halogenated alkanes) is 2. The van der Waals surface area contributed by atoms with E-state index >= 15 is 0 Å². The fourth-order valence-electron chi connectivity index (χ4n) is 8.20. The fourth-order valence-corrected chi connectivity index (χ4v) is 8.64. The zero-order valence-corrected chi connectivity index (χ0v) is 30.5. The third-order valence-electron chi connectivity index (χ3n) is 10.6. The number of benzene rings is 5. The van der Waals surface area contributed by atoms with E-state index in [1.807, 2.05) is 0 Å². The van der Waals surface area contributed by atoms with Crippen molar-refractivity contribution >= 4 is 78.7 Å². The minimum atomic E-state index is 0.814. The SMILES string of the molecule is CCCCn1/c(=C/C=C2\CCCC(/C=C/C3=[N+](CCCC)c4ccc(Cl)c5cccc3c45)=C2c2ccccc2)c2cccc3c(Cl)ccc1c32. The second-order valence-electron chi connectivity index (χ2n) is 13.7. The van der Waals surface area contributed by atoms with Gasteiger partial charge in [0.15, 0.2) is 0 Å². The number of nitrogens with zero attached hydrogens (tertiary/aromatic N) is 2. The first-order valence-corrected chi connectivity index (χ1v) is 19.1. The molecule has 1 aliphatic heterocycles. The van der Waals surface area contributed by atoms with Gasteiger partial charge in [-0.25, -0.2) is 0 Å². The molecule has 0 amide bonds. The van der Waals surface area contributed by atoms with Gasteiger partial charge < -0.3 is 4.57 Å². The van der Waals surface area contributed by atoms with Crippen LogP contribution < -0.4 is 5.35 Å². The van der Waals surface area contributed by atoms with Gasteiger partial charge in [-0.1, -0.05) is 123 Å². The summed E-state index contributed by atoms with van der Waals surface area (Å²) in [6, 6.07) is 32.6. The summed E-state index contributed by atoms with van der Waals surface area (Å²) in [5.74, 6) is 0. The van der Waals surface area contributed by atoms with Crippen LogP contribution in [0.15, 0.2) is 120 Å². The predicted octanol–water partition coefficient (Wildman–Crippen LogP) is 12.6. The van der Waals surface area contributed by atoms with Crippen LogP contribution in [0.4, 0.5) is 5.69 Å². The zero-order valence-electron chi connectivity index (χ0n) is 29.0. The summed E-state index contributed by atoms with van der Waals surface area (Å²) >= 11 is 13.4. The first kappa shape index (κ1) is 32.8.